The molecule has 132 valence electrons. The van der Waals surface area contributed by atoms with Crippen molar-refractivity contribution in [3.8, 4) is 0 Å². The van der Waals surface area contributed by atoms with Crippen molar-refractivity contribution in [1.82, 2.24) is 0 Å². The fraction of sp³-hybridized carbons (Fsp3) is 0.875. The minimum atomic E-state index is -0.746. The van der Waals surface area contributed by atoms with Crippen LogP contribution in [0.25, 0.3) is 0 Å². The maximum atomic E-state index is 10.3. The Balaban J connectivity index is 0. The molecule has 6 nitrogen and oxygen atoms in total. The summed E-state index contributed by atoms with van der Waals surface area (Å²) < 4.78 is 15.0. The number of carboxylic acids is 1. The van der Waals surface area contributed by atoms with Crippen LogP contribution in [0.4, 0.5) is 0 Å². The molecule has 0 aromatic rings. The molecule has 0 aromatic heterocycles. The van der Waals surface area contributed by atoms with E-state index in [-0.39, 0.29) is 12.4 Å². The normalized spacial score (nSPS) is 9.77. The van der Waals surface area contributed by atoms with E-state index in [0.717, 1.165) is 38.9 Å². The van der Waals surface area contributed by atoms with Gasteiger partial charge in [-0.1, -0.05) is 26.7 Å². The van der Waals surface area contributed by atoms with Crippen LogP contribution in [0, 0.1) is 0 Å². The van der Waals surface area contributed by atoms with E-state index in [1.807, 2.05) is 0 Å². The van der Waals surface area contributed by atoms with Crippen molar-refractivity contribution in [3.05, 3.63) is 0 Å². The van der Waals surface area contributed by atoms with Gasteiger partial charge >= 0.3 is 11.9 Å². The number of unbranched alkanes of at least 4 members (excludes halogenated alkanes) is 2. The highest BCUT2D eigenvalue weighted by Gasteiger charge is 1.95. The molecular formula is C16H32O6. The zero-order valence-electron chi connectivity index (χ0n) is 14.3. The van der Waals surface area contributed by atoms with E-state index in [1.165, 1.54) is 6.92 Å². The lowest BCUT2D eigenvalue weighted by Gasteiger charge is -2.02. The Labute approximate surface area is 134 Å². The van der Waals surface area contributed by atoms with Crippen LogP contribution >= 0.6 is 0 Å². The largest absolute Gasteiger partial charge is 0.481 e. The van der Waals surface area contributed by atoms with E-state index in [0.29, 0.717) is 26.2 Å². The topological polar surface area (TPSA) is 82.1 Å². The first-order valence-corrected chi connectivity index (χ1v) is 8.05. The van der Waals surface area contributed by atoms with E-state index in [4.69, 9.17) is 14.6 Å². The number of carbonyl (C=O) groups excluding carboxylic acids is 1. The number of carbonyl (C=O) groups is 2. The lowest BCUT2D eigenvalue weighted by Crippen LogP contribution is -2.07. The molecule has 6 heteroatoms. The highest BCUT2D eigenvalue weighted by atomic mass is 16.6. The monoisotopic (exact) mass is 320 g/mol. The van der Waals surface area contributed by atoms with Gasteiger partial charge in [0.2, 0.25) is 0 Å². The van der Waals surface area contributed by atoms with Crippen LogP contribution in [0.1, 0.15) is 59.3 Å². The molecule has 22 heavy (non-hydrogen) atoms. The van der Waals surface area contributed by atoms with Crippen LogP contribution in [-0.4, -0.2) is 50.1 Å². The number of ether oxygens (including phenoxy) is 3. The van der Waals surface area contributed by atoms with E-state index >= 15 is 0 Å². The quantitative estimate of drug-likeness (QED) is 0.415. The summed E-state index contributed by atoms with van der Waals surface area (Å²) in [6, 6.07) is 0. The van der Waals surface area contributed by atoms with Gasteiger partial charge in [-0.15, -0.1) is 0 Å². The van der Waals surface area contributed by atoms with Crippen molar-refractivity contribution in [2.75, 3.05) is 33.0 Å². The van der Waals surface area contributed by atoms with Gasteiger partial charge in [0.05, 0.1) is 6.61 Å². The maximum absolute atomic E-state index is 10.3. The third-order valence-corrected chi connectivity index (χ3v) is 2.50. The van der Waals surface area contributed by atoms with Crippen molar-refractivity contribution >= 4 is 11.9 Å². The molecule has 0 aliphatic carbocycles. The SMILES string of the molecule is CCCCOCCCC(=O)O.CCCCOCCOC(C)=O. The summed E-state index contributed by atoms with van der Waals surface area (Å²) in [5.41, 5.74) is 0. The number of carboxylic acid groups (broad SMARTS) is 1. The second-order valence-corrected chi connectivity index (χ2v) is 4.77. The molecule has 0 fully saturated rings. The molecule has 0 heterocycles. The molecule has 0 aromatic carbocycles. The maximum Gasteiger partial charge on any atom is 0.303 e. The number of hydrogen-bond acceptors (Lipinski definition) is 5. The van der Waals surface area contributed by atoms with Crippen LogP contribution in [0.5, 0.6) is 0 Å². The van der Waals surface area contributed by atoms with Gasteiger partial charge in [0.1, 0.15) is 6.61 Å². The van der Waals surface area contributed by atoms with Crippen molar-refractivity contribution in [1.29, 1.82) is 0 Å². The van der Waals surface area contributed by atoms with Gasteiger partial charge in [-0.25, -0.2) is 0 Å². The number of hydrogen-bond donors (Lipinski definition) is 1. The van der Waals surface area contributed by atoms with Crippen LogP contribution in [-0.2, 0) is 23.8 Å². The van der Waals surface area contributed by atoms with Crippen LogP contribution in [0.3, 0.4) is 0 Å². The van der Waals surface area contributed by atoms with E-state index in [9.17, 15) is 9.59 Å². The van der Waals surface area contributed by atoms with Gasteiger partial charge in [0.15, 0.2) is 0 Å². The summed E-state index contributed by atoms with van der Waals surface area (Å²) in [5.74, 6) is -0.992. The number of rotatable bonds is 13. The smallest absolute Gasteiger partial charge is 0.303 e. The van der Waals surface area contributed by atoms with Gasteiger partial charge in [-0.2, -0.15) is 0 Å². The van der Waals surface area contributed by atoms with E-state index in [1.54, 1.807) is 0 Å². The fourth-order valence-corrected chi connectivity index (χ4v) is 1.27. The average Bonchev–Trinajstić information content (AvgIpc) is 2.46. The predicted molar refractivity (Wildman–Crippen MR) is 85.0 cm³/mol. The van der Waals surface area contributed by atoms with Crippen LogP contribution in [0.2, 0.25) is 0 Å². The lowest BCUT2D eigenvalue weighted by molar-refractivity contribution is -0.142. The van der Waals surface area contributed by atoms with Gasteiger partial charge in [0.25, 0.3) is 0 Å². The van der Waals surface area contributed by atoms with E-state index in [2.05, 4.69) is 18.6 Å². The second kappa shape index (κ2) is 19.9. The summed E-state index contributed by atoms with van der Waals surface area (Å²) in [7, 11) is 0. The van der Waals surface area contributed by atoms with Crippen molar-refractivity contribution in [2.45, 2.75) is 59.3 Å². The summed E-state index contributed by atoms with van der Waals surface area (Å²) in [5, 5.41) is 8.26. The molecular weight excluding hydrogens is 288 g/mol. The highest BCUT2D eigenvalue weighted by Crippen LogP contribution is 1.92. The third-order valence-electron chi connectivity index (χ3n) is 2.50. The molecule has 0 saturated heterocycles. The molecule has 1 N–H and O–H groups in total. The molecule has 0 radical (unpaired) electrons. The summed E-state index contributed by atoms with van der Waals surface area (Å²) in [6.45, 7) is 8.58. The first kappa shape index (κ1) is 23.1. The molecule has 0 saturated carbocycles. The Bertz CT molecular complexity index is 229. The Morgan fingerprint density at radius 2 is 1.32 bits per heavy atom. The molecule has 0 aliphatic rings. The van der Waals surface area contributed by atoms with E-state index < -0.39 is 5.97 Å². The Morgan fingerprint density at radius 1 is 0.818 bits per heavy atom. The summed E-state index contributed by atoms with van der Waals surface area (Å²) >= 11 is 0. The van der Waals surface area contributed by atoms with Crippen LogP contribution < -0.4 is 0 Å². The highest BCUT2D eigenvalue weighted by molar-refractivity contribution is 5.66. The molecule has 0 aliphatic heterocycles. The minimum Gasteiger partial charge on any atom is -0.481 e. The Morgan fingerprint density at radius 3 is 1.77 bits per heavy atom. The first-order chi connectivity index (χ1) is 10.5. The van der Waals surface area contributed by atoms with Crippen molar-refractivity contribution in [2.24, 2.45) is 0 Å². The lowest BCUT2D eigenvalue weighted by atomic mass is 10.3. The van der Waals surface area contributed by atoms with Gasteiger partial charge < -0.3 is 19.3 Å². The van der Waals surface area contributed by atoms with Crippen LogP contribution in [0.15, 0.2) is 0 Å². The summed E-state index contributed by atoms with van der Waals surface area (Å²) in [4.78, 5) is 20.3. The Hall–Kier alpha value is -1.14. The van der Waals surface area contributed by atoms with Crippen molar-refractivity contribution < 1.29 is 28.9 Å². The predicted octanol–water partition coefficient (Wildman–Crippen LogP) is 3.03. The van der Waals surface area contributed by atoms with Gasteiger partial charge in [-0.05, 0) is 19.3 Å². The van der Waals surface area contributed by atoms with Crippen molar-refractivity contribution in [3.63, 3.8) is 0 Å². The molecule has 0 atom stereocenters. The molecule has 0 bridgehead atoms. The Kier molecular flexibility index (Phi) is 20.9. The van der Waals surface area contributed by atoms with Gasteiger partial charge in [0, 0.05) is 33.2 Å². The standard InChI is InChI=1S/2C8H16O3/c1-3-4-5-10-6-7-11-8(2)9;1-2-3-6-11-7-4-5-8(9)10/h3-7H2,1-2H3;2-7H2,1H3,(H,9,10). The summed E-state index contributed by atoms with van der Waals surface area (Å²) in [6.07, 6.45) is 5.23. The third kappa shape index (κ3) is 27.2. The molecule has 0 rings (SSSR count). The minimum absolute atomic E-state index is 0.214. The average molecular weight is 320 g/mol. The second-order valence-electron chi connectivity index (χ2n) is 4.77. The number of esters is 1. The van der Waals surface area contributed by atoms with Gasteiger partial charge in [-0.3, -0.25) is 9.59 Å². The zero-order valence-corrected chi connectivity index (χ0v) is 14.3. The molecule has 0 unspecified atom stereocenters. The first-order valence-electron chi connectivity index (χ1n) is 8.05. The fourth-order valence-electron chi connectivity index (χ4n) is 1.27. The number of aliphatic carboxylic acids is 1. The zero-order chi connectivity index (χ0) is 17.1. The molecule has 0 spiro atoms. The molecule has 0 amide bonds.